The summed E-state index contributed by atoms with van der Waals surface area (Å²) in [5.74, 6) is -1.45. The van der Waals surface area contributed by atoms with Gasteiger partial charge in [0.25, 0.3) is 0 Å². The lowest BCUT2D eigenvalue weighted by atomic mass is 10.1. The summed E-state index contributed by atoms with van der Waals surface area (Å²) >= 11 is 0. The molecule has 0 spiro atoms. The highest BCUT2D eigenvalue weighted by Crippen LogP contribution is 2.22. The second-order valence-electron chi connectivity index (χ2n) is 3.32. The van der Waals surface area contributed by atoms with E-state index >= 15 is 0 Å². The zero-order chi connectivity index (χ0) is 10.7. The summed E-state index contributed by atoms with van der Waals surface area (Å²) in [4.78, 5) is 0. The van der Waals surface area contributed by atoms with Crippen molar-refractivity contribution in [1.82, 2.24) is 0 Å². The Bertz CT molecular complexity index is 334. The van der Waals surface area contributed by atoms with Crippen molar-refractivity contribution in [3.05, 3.63) is 47.0 Å². The molecule has 0 fully saturated rings. The van der Waals surface area contributed by atoms with Crippen molar-refractivity contribution in [2.24, 2.45) is 0 Å². The van der Waals surface area contributed by atoms with Gasteiger partial charge in [-0.3, -0.25) is 0 Å². The molecular formula is C11H12F2O. The number of benzene rings is 1. The molecule has 0 aliphatic heterocycles. The molecule has 1 rings (SSSR count). The van der Waals surface area contributed by atoms with E-state index in [1.54, 1.807) is 13.8 Å². The van der Waals surface area contributed by atoms with Crippen LogP contribution >= 0.6 is 0 Å². The molecule has 1 nitrogen and oxygen atoms in total. The Morgan fingerprint density at radius 2 is 1.79 bits per heavy atom. The Balaban J connectivity index is 3.12. The Hall–Kier alpha value is -1.22. The molecule has 0 aliphatic carbocycles. The quantitative estimate of drug-likeness (QED) is 0.724. The van der Waals surface area contributed by atoms with Gasteiger partial charge in [0.05, 0.1) is 5.56 Å². The average molecular weight is 198 g/mol. The summed E-state index contributed by atoms with van der Waals surface area (Å²) in [6.45, 7) is 3.50. The molecule has 0 heterocycles. The highest BCUT2D eigenvalue weighted by Gasteiger charge is 2.14. The smallest absolute Gasteiger partial charge is 0.132 e. The molecule has 1 aromatic rings. The second kappa shape index (κ2) is 4.33. The van der Waals surface area contributed by atoms with E-state index in [2.05, 4.69) is 0 Å². The third-order valence-electron chi connectivity index (χ3n) is 1.79. The first-order valence-electron chi connectivity index (χ1n) is 4.29. The maximum atomic E-state index is 13.1. The fourth-order valence-corrected chi connectivity index (χ4v) is 1.19. The van der Waals surface area contributed by atoms with E-state index in [4.69, 9.17) is 0 Å². The summed E-state index contributed by atoms with van der Waals surface area (Å²) in [6.07, 6.45) is 0.183. The van der Waals surface area contributed by atoms with Crippen LogP contribution in [0, 0.1) is 11.6 Å². The van der Waals surface area contributed by atoms with Crippen molar-refractivity contribution in [1.29, 1.82) is 0 Å². The first-order chi connectivity index (χ1) is 6.52. The third kappa shape index (κ3) is 2.39. The maximum Gasteiger partial charge on any atom is 0.132 e. The van der Waals surface area contributed by atoms with E-state index in [9.17, 15) is 13.9 Å². The van der Waals surface area contributed by atoms with Gasteiger partial charge in [-0.1, -0.05) is 17.7 Å². The van der Waals surface area contributed by atoms with E-state index < -0.39 is 17.7 Å². The first kappa shape index (κ1) is 10.9. The van der Waals surface area contributed by atoms with Gasteiger partial charge in [0.2, 0.25) is 0 Å². The van der Waals surface area contributed by atoms with Gasteiger partial charge >= 0.3 is 0 Å². The van der Waals surface area contributed by atoms with Crippen molar-refractivity contribution in [2.75, 3.05) is 0 Å². The molecule has 0 aromatic heterocycles. The number of hydrogen-bond donors (Lipinski definition) is 1. The predicted molar refractivity (Wildman–Crippen MR) is 50.7 cm³/mol. The largest absolute Gasteiger partial charge is 0.384 e. The summed E-state index contributed by atoms with van der Waals surface area (Å²) in [5.41, 5.74) is 0.508. The van der Waals surface area contributed by atoms with Crippen molar-refractivity contribution < 1.29 is 13.9 Å². The molecule has 1 aromatic carbocycles. The minimum absolute atomic E-state index is 0.297. The lowest BCUT2D eigenvalue weighted by molar-refractivity contribution is 0.216. The maximum absolute atomic E-state index is 13.1. The number of aliphatic hydroxyl groups is 1. The Morgan fingerprint density at radius 3 is 2.21 bits per heavy atom. The molecule has 0 saturated heterocycles. The predicted octanol–water partition coefficient (Wildman–Crippen LogP) is 2.96. The first-order valence-corrected chi connectivity index (χ1v) is 4.29. The van der Waals surface area contributed by atoms with Crippen LogP contribution in [0.4, 0.5) is 8.78 Å². The van der Waals surface area contributed by atoms with Gasteiger partial charge in [-0.25, -0.2) is 8.78 Å². The van der Waals surface area contributed by atoms with Gasteiger partial charge in [0, 0.05) is 0 Å². The molecule has 0 saturated carbocycles. The zero-order valence-electron chi connectivity index (χ0n) is 8.09. The van der Waals surface area contributed by atoms with Crippen LogP contribution in [0.1, 0.15) is 25.5 Å². The van der Waals surface area contributed by atoms with E-state index in [0.29, 0.717) is 0 Å². The molecule has 1 unspecified atom stereocenters. The van der Waals surface area contributed by atoms with Crippen LogP contribution in [0.25, 0.3) is 0 Å². The van der Waals surface area contributed by atoms with Gasteiger partial charge in [-0.05, 0) is 26.0 Å². The topological polar surface area (TPSA) is 20.2 Å². The van der Waals surface area contributed by atoms with E-state index in [1.807, 2.05) is 0 Å². The van der Waals surface area contributed by atoms with Crippen molar-refractivity contribution in [2.45, 2.75) is 20.0 Å². The number of allylic oxidation sites excluding steroid dienone is 1. The van der Waals surface area contributed by atoms with Crippen LogP contribution in [0.15, 0.2) is 29.8 Å². The number of rotatable bonds is 2. The fourth-order valence-electron chi connectivity index (χ4n) is 1.19. The van der Waals surface area contributed by atoms with E-state index in [1.165, 1.54) is 12.1 Å². The van der Waals surface area contributed by atoms with Crippen molar-refractivity contribution >= 4 is 0 Å². The van der Waals surface area contributed by atoms with Crippen molar-refractivity contribution in [3.8, 4) is 0 Å². The summed E-state index contributed by atoms with van der Waals surface area (Å²) in [7, 11) is 0. The molecule has 1 N–H and O–H groups in total. The molecule has 0 bridgehead atoms. The van der Waals surface area contributed by atoms with Crippen LogP contribution in [0.5, 0.6) is 0 Å². The van der Waals surface area contributed by atoms with E-state index in [0.717, 1.165) is 17.7 Å². The van der Waals surface area contributed by atoms with Crippen LogP contribution in [-0.4, -0.2) is 5.11 Å². The molecular weight excluding hydrogens is 186 g/mol. The second-order valence-corrected chi connectivity index (χ2v) is 3.32. The molecule has 0 amide bonds. The van der Waals surface area contributed by atoms with Gasteiger partial charge in [-0.2, -0.15) is 0 Å². The van der Waals surface area contributed by atoms with E-state index in [-0.39, 0.29) is 5.56 Å². The molecule has 0 radical (unpaired) electrons. The normalized spacial score (nSPS) is 12.4. The standard InChI is InChI=1S/C11H12F2O/c1-7(2)6-10(14)11-8(12)4-3-5-9(11)13/h3-6,10,14H,1-2H3. The summed E-state index contributed by atoms with van der Waals surface area (Å²) in [5, 5.41) is 9.50. The number of aliphatic hydroxyl groups excluding tert-OH is 1. The van der Waals surface area contributed by atoms with Crippen molar-refractivity contribution in [3.63, 3.8) is 0 Å². The summed E-state index contributed by atoms with van der Waals surface area (Å²) < 4.78 is 26.2. The minimum atomic E-state index is -1.22. The minimum Gasteiger partial charge on any atom is -0.384 e. The Kier molecular flexibility index (Phi) is 3.36. The average Bonchev–Trinajstić information content (AvgIpc) is 2.01. The number of hydrogen-bond acceptors (Lipinski definition) is 1. The lowest BCUT2D eigenvalue weighted by Gasteiger charge is -2.09. The fraction of sp³-hybridized carbons (Fsp3) is 0.273. The van der Waals surface area contributed by atoms with Gasteiger partial charge < -0.3 is 5.11 Å². The molecule has 1 atom stereocenters. The molecule has 3 heteroatoms. The van der Waals surface area contributed by atoms with Crippen LogP contribution in [0.3, 0.4) is 0 Å². The Labute approximate surface area is 81.7 Å². The number of halogens is 2. The van der Waals surface area contributed by atoms with Gasteiger partial charge in [0.1, 0.15) is 17.7 Å². The van der Waals surface area contributed by atoms with Crippen LogP contribution < -0.4 is 0 Å². The van der Waals surface area contributed by atoms with Gasteiger partial charge in [0.15, 0.2) is 0 Å². The highest BCUT2D eigenvalue weighted by molar-refractivity contribution is 5.25. The summed E-state index contributed by atoms with van der Waals surface area (Å²) in [6, 6.07) is 3.52. The monoisotopic (exact) mass is 198 g/mol. The SMILES string of the molecule is CC(C)=CC(O)c1c(F)cccc1F. The van der Waals surface area contributed by atoms with Crippen LogP contribution in [0.2, 0.25) is 0 Å². The van der Waals surface area contributed by atoms with Crippen LogP contribution in [-0.2, 0) is 0 Å². The molecule has 0 aliphatic rings. The third-order valence-corrected chi connectivity index (χ3v) is 1.79. The molecule has 14 heavy (non-hydrogen) atoms. The highest BCUT2D eigenvalue weighted by atomic mass is 19.1. The Morgan fingerprint density at radius 1 is 1.29 bits per heavy atom. The molecule has 76 valence electrons. The zero-order valence-corrected chi connectivity index (χ0v) is 8.09. The lowest BCUT2D eigenvalue weighted by Crippen LogP contribution is -2.01. The van der Waals surface area contributed by atoms with Gasteiger partial charge in [-0.15, -0.1) is 0 Å².